The van der Waals surface area contributed by atoms with Crippen molar-refractivity contribution in [3.05, 3.63) is 52.6 Å². The van der Waals surface area contributed by atoms with Crippen LogP contribution in [0.15, 0.2) is 36.7 Å². The van der Waals surface area contributed by atoms with Crippen LogP contribution in [0.4, 0.5) is 5.69 Å². The van der Waals surface area contributed by atoms with Crippen molar-refractivity contribution in [2.45, 2.75) is 6.04 Å². The number of nitro groups is 1. The van der Waals surface area contributed by atoms with Crippen molar-refractivity contribution in [1.29, 1.82) is 0 Å². The summed E-state index contributed by atoms with van der Waals surface area (Å²) in [5.41, 5.74) is 0.0422. The third-order valence-corrected chi connectivity index (χ3v) is 4.19. The summed E-state index contributed by atoms with van der Waals surface area (Å²) in [6.45, 7) is 3.90. The summed E-state index contributed by atoms with van der Waals surface area (Å²) < 4.78 is 7.74. The van der Waals surface area contributed by atoms with Gasteiger partial charge in [-0.3, -0.25) is 15.0 Å². The van der Waals surface area contributed by atoms with E-state index in [0.717, 1.165) is 32.0 Å². The summed E-state index contributed by atoms with van der Waals surface area (Å²) in [5, 5.41) is 14.2. The van der Waals surface area contributed by atoms with Crippen molar-refractivity contribution in [3.8, 4) is 5.75 Å². The molecule has 9 heteroatoms. The van der Waals surface area contributed by atoms with E-state index in [4.69, 9.17) is 4.74 Å². The van der Waals surface area contributed by atoms with E-state index >= 15 is 0 Å². The minimum absolute atomic E-state index is 0. The van der Waals surface area contributed by atoms with Gasteiger partial charge in [0.05, 0.1) is 17.0 Å². The Kier molecular flexibility index (Phi) is 6.74. The summed E-state index contributed by atoms with van der Waals surface area (Å²) in [6.07, 6.45) is 3.75. The van der Waals surface area contributed by atoms with Gasteiger partial charge in [0.1, 0.15) is 18.2 Å². The predicted octanol–water partition coefficient (Wildman–Crippen LogP) is 1.78. The quantitative estimate of drug-likeness (QED) is 0.618. The molecule has 0 aliphatic carbocycles. The standard InChI is InChI=1S/C16H21N5O3.ClH/c1-19-7-6-18-16(19)15-12-17-5-8-20(15)9-10-24-14-4-2-3-13(11-14)21(22)23;/h2-4,6-7,11,15,17H,5,8-10,12H2,1H3;1H. The third-order valence-electron chi connectivity index (χ3n) is 4.19. The number of nitrogens with one attached hydrogen (secondary N) is 1. The molecule has 8 nitrogen and oxygen atoms in total. The van der Waals surface area contributed by atoms with Crippen LogP contribution in [0.1, 0.15) is 11.9 Å². The molecule has 1 N–H and O–H groups in total. The second-order valence-electron chi connectivity index (χ2n) is 5.76. The largest absolute Gasteiger partial charge is 0.492 e. The average molecular weight is 368 g/mol. The lowest BCUT2D eigenvalue weighted by atomic mass is 10.2. The number of imidazole rings is 1. The molecule has 0 saturated carbocycles. The number of aromatic nitrogens is 2. The highest BCUT2D eigenvalue weighted by molar-refractivity contribution is 5.85. The predicted molar refractivity (Wildman–Crippen MR) is 96.2 cm³/mol. The molecule has 25 heavy (non-hydrogen) atoms. The molecule has 1 unspecified atom stereocenters. The van der Waals surface area contributed by atoms with Crippen molar-refractivity contribution >= 4 is 18.1 Å². The molecule has 1 atom stereocenters. The van der Waals surface area contributed by atoms with Crippen LogP contribution in [0.5, 0.6) is 5.75 Å². The number of piperazine rings is 1. The number of hydrogen-bond acceptors (Lipinski definition) is 6. The van der Waals surface area contributed by atoms with Gasteiger partial charge in [0.15, 0.2) is 0 Å². The van der Waals surface area contributed by atoms with E-state index in [-0.39, 0.29) is 24.1 Å². The first-order valence-corrected chi connectivity index (χ1v) is 7.94. The molecule has 2 aromatic rings. The lowest BCUT2D eigenvalue weighted by Crippen LogP contribution is -2.48. The van der Waals surface area contributed by atoms with Gasteiger partial charge in [-0.05, 0) is 6.07 Å². The molecule has 1 aliphatic heterocycles. The number of ether oxygens (including phenoxy) is 1. The molecule has 0 radical (unpaired) electrons. The number of benzene rings is 1. The molecule has 1 aromatic heterocycles. The number of halogens is 1. The fourth-order valence-electron chi connectivity index (χ4n) is 2.93. The van der Waals surface area contributed by atoms with Crippen molar-refractivity contribution in [3.63, 3.8) is 0 Å². The van der Waals surface area contributed by atoms with E-state index in [2.05, 4.69) is 15.2 Å². The minimum Gasteiger partial charge on any atom is -0.492 e. The molecule has 1 saturated heterocycles. The highest BCUT2D eigenvalue weighted by Crippen LogP contribution is 2.21. The number of non-ortho nitro benzene ring substituents is 1. The fraction of sp³-hybridized carbons (Fsp3) is 0.438. The fourth-order valence-corrected chi connectivity index (χ4v) is 2.93. The summed E-state index contributed by atoms with van der Waals surface area (Å²) in [7, 11) is 1.99. The first-order valence-electron chi connectivity index (χ1n) is 7.94. The number of hydrogen-bond donors (Lipinski definition) is 1. The van der Waals surface area contributed by atoms with Gasteiger partial charge in [-0.2, -0.15) is 0 Å². The van der Waals surface area contributed by atoms with Crippen molar-refractivity contribution in [2.24, 2.45) is 7.05 Å². The number of nitro benzene ring substituents is 1. The molecule has 1 aliphatic rings. The van der Waals surface area contributed by atoms with Crippen LogP contribution in [-0.4, -0.2) is 52.2 Å². The van der Waals surface area contributed by atoms with Gasteiger partial charge in [-0.25, -0.2) is 4.98 Å². The van der Waals surface area contributed by atoms with Crippen LogP contribution >= 0.6 is 12.4 Å². The maximum Gasteiger partial charge on any atom is 0.273 e. The highest BCUT2D eigenvalue weighted by Gasteiger charge is 2.26. The monoisotopic (exact) mass is 367 g/mol. The molecule has 0 spiro atoms. The smallest absolute Gasteiger partial charge is 0.273 e. The normalized spacial score (nSPS) is 17.7. The minimum atomic E-state index is -0.416. The van der Waals surface area contributed by atoms with Gasteiger partial charge in [-0.15, -0.1) is 12.4 Å². The van der Waals surface area contributed by atoms with E-state index in [1.807, 2.05) is 24.0 Å². The molecular formula is C16H22ClN5O3. The summed E-state index contributed by atoms with van der Waals surface area (Å²) in [6, 6.07) is 6.48. The van der Waals surface area contributed by atoms with Crippen LogP contribution in [-0.2, 0) is 7.05 Å². The van der Waals surface area contributed by atoms with Gasteiger partial charge in [0.2, 0.25) is 0 Å². The molecule has 0 bridgehead atoms. The lowest BCUT2D eigenvalue weighted by Gasteiger charge is -2.35. The van der Waals surface area contributed by atoms with E-state index in [1.54, 1.807) is 12.1 Å². The lowest BCUT2D eigenvalue weighted by molar-refractivity contribution is -0.384. The van der Waals surface area contributed by atoms with E-state index in [9.17, 15) is 10.1 Å². The molecule has 136 valence electrons. The van der Waals surface area contributed by atoms with Crippen LogP contribution < -0.4 is 10.1 Å². The van der Waals surface area contributed by atoms with Crippen LogP contribution in [0.3, 0.4) is 0 Å². The van der Waals surface area contributed by atoms with Crippen molar-refractivity contribution < 1.29 is 9.66 Å². The Bertz CT molecular complexity index is 709. The zero-order valence-corrected chi connectivity index (χ0v) is 14.8. The van der Waals surface area contributed by atoms with Crippen molar-refractivity contribution in [2.75, 3.05) is 32.8 Å². The van der Waals surface area contributed by atoms with Gasteiger partial charge in [-0.1, -0.05) is 6.07 Å². The highest BCUT2D eigenvalue weighted by atomic mass is 35.5. The molecule has 3 rings (SSSR count). The van der Waals surface area contributed by atoms with Crippen LogP contribution in [0.25, 0.3) is 0 Å². The zero-order chi connectivity index (χ0) is 16.9. The number of rotatable bonds is 6. The maximum absolute atomic E-state index is 10.8. The second-order valence-corrected chi connectivity index (χ2v) is 5.76. The summed E-state index contributed by atoms with van der Waals surface area (Å²) >= 11 is 0. The Morgan fingerprint density at radius 2 is 2.32 bits per heavy atom. The van der Waals surface area contributed by atoms with Gasteiger partial charge < -0.3 is 14.6 Å². The molecular weight excluding hydrogens is 346 g/mol. The Hall–Kier alpha value is -2.16. The molecule has 1 aromatic carbocycles. The topological polar surface area (TPSA) is 85.5 Å². The van der Waals surface area contributed by atoms with Crippen molar-refractivity contribution in [1.82, 2.24) is 19.8 Å². The Morgan fingerprint density at radius 1 is 1.48 bits per heavy atom. The first-order chi connectivity index (χ1) is 11.6. The first kappa shape index (κ1) is 19.2. The Balaban J connectivity index is 0.00000225. The summed E-state index contributed by atoms with van der Waals surface area (Å²) in [5.74, 6) is 1.55. The SMILES string of the molecule is Cl.Cn1ccnc1C1CNCCN1CCOc1cccc([N+](=O)[O-])c1. The van der Waals surface area contributed by atoms with E-state index < -0.39 is 4.92 Å². The van der Waals surface area contributed by atoms with E-state index in [0.29, 0.717) is 12.4 Å². The summed E-state index contributed by atoms with van der Waals surface area (Å²) in [4.78, 5) is 17.2. The average Bonchev–Trinajstić information content (AvgIpc) is 3.01. The van der Waals surface area contributed by atoms with Gasteiger partial charge in [0.25, 0.3) is 5.69 Å². The number of aryl methyl sites for hydroxylation is 1. The van der Waals surface area contributed by atoms with E-state index in [1.165, 1.54) is 12.1 Å². The molecule has 2 heterocycles. The molecule has 0 amide bonds. The van der Waals surface area contributed by atoms with Crippen LogP contribution in [0.2, 0.25) is 0 Å². The zero-order valence-electron chi connectivity index (χ0n) is 14.0. The third kappa shape index (κ3) is 4.68. The Morgan fingerprint density at radius 3 is 3.04 bits per heavy atom. The molecule has 1 fully saturated rings. The van der Waals surface area contributed by atoms with Crippen LogP contribution in [0, 0.1) is 10.1 Å². The maximum atomic E-state index is 10.8. The second kappa shape index (κ2) is 8.80. The Labute approximate surface area is 152 Å². The van der Waals surface area contributed by atoms with Gasteiger partial charge in [0, 0.05) is 51.7 Å². The number of nitrogens with zero attached hydrogens (tertiary/aromatic N) is 4. The van der Waals surface area contributed by atoms with Gasteiger partial charge >= 0.3 is 0 Å².